The normalized spacial score (nSPS) is 19.9. The molecule has 1 saturated heterocycles. The third-order valence-electron chi connectivity index (χ3n) is 4.15. The van der Waals surface area contributed by atoms with Gasteiger partial charge in [0.1, 0.15) is 0 Å². The average molecular weight is 312 g/mol. The second-order valence-electron chi connectivity index (χ2n) is 5.59. The Bertz CT molecular complexity index is 603. The van der Waals surface area contributed by atoms with E-state index in [0.717, 1.165) is 18.8 Å². The van der Waals surface area contributed by atoms with Crippen LogP contribution < -0.4 is 15.4 Å². The maximum Gasteiger partial charge on any atom is 0.240 e. The minimum absolute atomic E-state index is 0.192. The monoisotopic (exact) mass is 312 g/mol. The summed E-state index contributed by atoms with van der Waals surface area (Å²) in [4.78, 5) is 4.64. The van der Waals surface area contributed by atoms with Crippen LogP contribution in [0.15, 0.2) is 23.1 Å². The lowest BCUT2D eigenvalue weighted by Gasteiger charge is -2.28. The van der Waals surface area contributed by atoms with Gasteiger partial charge in [-0.2, -0.15) is 0 Å². The molecule has 21 heavy (non-hydrogen) atoms. The number of nitrogens with zero attached hydrogens (tertiary/aromatic N) is 2. The maximum absolute atomic E-state index is 11.8. The molecule has 1 heterocycles. The van der Waals surface area contributed by atoms with E-state index in [1.165, 1.54) is 26.0 Å². The summed E-state index contributed by atoms with van der Waals surface area (Å²) >= 11 is 0. The van der Waals surface area contributed by atoms with Crippen LogP contribution in [0.4, 0.5) is 11.4 Å². The lowest BCUT2D eigenvalue weighted by molar-refractivity contribution is 0.314. The molecular formula is C14H24N4O2S. The Morgan fingerprint density at radius 3 is 2.71 bits per heavy atom. The largest absolute Gasteiger partial charge is 0.397 e. The summed E-state index contributed by atoms with van der Waals surface area (Å²) < 4.78 is 25.8. The minimum atomic E-state index is -3.45. The molecule has 1 aliphatic heterocycles. The van der Waals surface area contributed by atoms with Crippen LogP contribution in [0.2, 0.25) is 0 Å². The fourth-order valence-corrected chi connectivity index (χ4v) is 3.55. The van der Waals surface area contributed by atoms with Gasteiger partial charge < -0.3 is 15.5 Å². The second kappa shape index (κ2) is 6.21. The number of nitrogens with two attached hydrogens (primary N) is 1. The number of likely N-dealkylation sites (tertiary alicyclic amines) is 1. The zero-order chi connectivity index (χ0) is 15.6. The number of hydrogen-bond donors (Lipinski definition) is 2. The molecule has 3 N–H and O–H groups in total. The third kappa shape index (κ3) is 3.48. The minimum Gasteiger partial charge on any atom is -0.397 e. The fourth-order valence-electron chi connectivity index (χ4n) is 2.79. The molecule has 0 saturated carbocycles. The first kappa shape index (κ1) is 16.1. The van der Waals surface area contributed by atoms with Gasteiger partial charge in [-0.05, 0) is 51.7 Å². The summed E-state index contributed by atoms with van der Waals surface area (Å²) in [7, 11) is 2.07. The van der Waals surface area contributed by atoms with Crippen molar-refractivity contribution < 1.29 is 8.42 Å². The van der Waals surface area contributed by atoms with Crippen molar-refractivity contribution in [3.05, 3.63) is 18.2 Å². The van der Waals surface area contributed by atoms with Gasteiger partial charge in [-0.15, -0.1) is 0 Å². The van der Waals surface area contributed by atoms with Crippen LogP contribution in [-0.2, 0) is 10.0 Å². The Morgan fingerprint density at radius 2 is 2.19 bits per heavy atom. The lowest BCUT2D eigenvalue weighted by Crippen LogP contribution is -2.36. The third-order valence-corrected chi connectivity index (χ3v) is 5.56. The Morgan fingerprint density at radius 1 is 1.48 bits per heavy atom. The van der Waals surface area contributed by atoms with Crippen molar-refractivity contribution >= 4 is 21.4 Å². The summed E-state index contributed by atoms with van der Waals surface area (Å²) in [6.45, 7) is 2.02. The highest BCUT2D eigenvalue weighted by Gasteiger charge is 2.23. The zero-order valence-electron chi connectivity index (χ0n) is 12.8. The maximum atomic E-state index is 11.8. The van der Waals surface area contributed by atoms with Crippen LogP contribution in [0.1, 0.15) is 12.8 Å². The van der Waals surface area contributed by atoms with Gasteiger partial charge in [0, 0.05) is 19.6 Å². The molecule has 1 aliphatic rings. The first-order chi connectivity index (χ1) is 9.85. The number of benzene rings is 1. The first-order valence-corrected chi connectivity index (χ1v) is 8.58. The quantitative estimate of drug-likeness (QED) is 0.783. The van der Waals surface area contributed by atoms with Gasteiger partial charge in [0.05, 0.1) is 16.3 Å². The van der Waals surface area contributed by atoms with E-state index >= 15 is 0 Å². The van der Waals surface area contributed by atoms with E-state index in [9.17, 15) is 8.42 Å². The summed E-state index contributed by atoms with van der Waals surface area (Å²) in [6.07, 6.45) is 2.41. The summed E-state index contributed by atoms with van der Waals surface area (Å²) in [5.74, 6) is 0. The second-order valence-corrected chi connectivity index (χ2v) is 7.47. The Hall–Kier alpha value is -1.31. The standard InChI is InChI=1S/C14H24N4O2S/c1-16-21(19,20)12-6-7-14(13(15)9-12)18(3)10-11-5-4-8-17(11)2/h6-7,9,11,16H,4-5,8,10,15H2,1-3H3. The van der Waals surface area contributed by atoms with Crippen LogP contribution in [0.5, 0.6) is 0 Å². The Kier molecular flexibility index (Phi) is 4.75. The predicted octanol–water partition coefficient (Wildman–Crippen LogP) is 0.707. The molecule has 1 aromatic rings. The number of nitrogen functional groups attached to an aromatic ring is 1. The van der Waals surface area contributed by atoms with E-state index in [2.05, 4.69) is 21.6 Å². The number of hydrogen-bond acceptors (Lipinski definition) is 5. The molecule has 0 amide bonds. The van der Waals surface area contributed by atoms with Crippen LogP contribution >= 0.6 is 0 Å². The summed E-state index contributed by atoms with van der Waals surface area (Å²) in [5.41, 5.74) is 7.38. The number of anilines is 2. The van der Waals surface area contributed by atoms with Gasteiger partial charge in [0.15, 0.2) is 0 Å². The number of rotatable bonds is 5. The van der Waals surface area contributed by atoms with Gasteiger partial charge in [-0.3, -0.25) is 0 Å². The van der Waals surface area contributed by atoms with Crippen molar-refractivity contribution in [2.75, 3.05) is 44.9 Å². The van der Waals surface area contributed by atoms with Crippen LogP contribution in [0, 0.1) is 0 Å². The molecule has 1 unspecified atom stereocenters. The number of likely N-dealkylation sites (N-methyl/N-ethyl adjacent to an activating group) is 2. The molecule has 0 aliphatic carbocycles. The Labute approximate surface area is 127 Å². The molecule has 0 spiro atoms. The van der Waals surface area contributed by atoms with E-state index in [0.29, 0.717) is 11.7 Å². The molecule has 1 aromatic carbocycles. The van der Waals surface area contributed by atoms with E-state index < -0.39 is 10.0 Å². The molecule has 2 rings (SSSR count). The summed E-state index contributed by atoms with van der Waals surface area (Å²) in [6, 6.07) is 5.40. The molecule has 0 aromatic heterocycles. The number of nitrogens with one attached hydrogen (secondary N) is 1. The van der Waals surface area contributed by atoms with Crippen LogP contribution in [0.25, 0.3) is 0 Å². The Balaban J connectivity index is 2.17. The lowest BCUT2D eigenvalue weighted by atomic mass is 10.2. The van der Waals surface area contributed by atoms with Crippen molar-refractivity contribution in [2.24, 2.45) is 0 Å². The highest BCUT2D eigenvalue weighted by atomic mass is 32.2. The molecule has 118 valence electrons. The molecule has 0 bridgehead atoms. The van der Waals surface area contributed by atoms with Crippen molar-refractivity contribution in [1.29, 1.82) is 0 Å². The smallest absolute Gasteiger partial charge is 0.240 e. The summed E-state index contributed by atoms with van der Waals surface area (Å²) in [5, 5.41) is 0. The van der Waals surface area contributed by atoms with Gasteiger partial charge in [0.2, 0.25) is 10.0 Å². The van der Waals surface area contributed by atoms with E-state index in [-0.39, 0.29) is 4.90 Å². The molecule has 1 fully saturated rings. The van der Waals surface area contributed by atoms with Gasteiger partial charge in [0.25, 0.3) is 0 Å². The van der Waals surface area contributed by atoms with Gasteiger partial charge in [-0.1, -0.05) is 0 Å². The van der Waals surface area contributed by atoms with Crippen molar-refractivity contribution in [3.8, 4) is 0 Å². The molecule has 1 atom stereocenters. The van der Waals surface area contributed by atoms with E-state index in [1.54, 1.807) is 12.1 Å². The van der Waals surface area contributed by atoms with Gasteiger partial charge in [-0.25, -0.2) is 13.1 Å². The zero-order valence-corrected chi connectivity index (χ0v) is 13.7. The molecule has 6 nitrogen and oxygen atoms in total. The molecule has 7 heteroatoms. The SMILES string of the molecule is CNS(=O)(=O)c1ccc(N(C)CC2CCCN2C)c(N)c1. The van der Waals surface area contributed by atoms with Crippen LogP contribution in [-0.4, -0.2) is 53.6 Å². The van der Waals surface area contributed by atoms with Crippen LogP contribution in [0.3, 0.4) is 0 Å². The molecular weight excluding hydrogens is 288 g/mol. The van der Waals surface area contributed by atoms with Crippen molar-refractivity contribution in [2.45, 2.75) is 23.8 Å². The first-order valence-electron chi connectivity index (χ1n) is 7.09. The predicted molar refractivity (Wildman–Crippen MR) is 86.0 cm³/mol. The van der Waals surface area contributed by atoms with Crippen molar-refractivity contribution in [3.63, 3.8) is 0 Å². The topological polar surface area (TPSA) is 78.7 Å². The molecule has 0 radical (unpaired) electrons. The van der Waals surface area contributed by atoms with E-state index in [1.807, 2.05) is 7.05 Å². The van der Waals surface area contributed by atoms with E-state index in [4.69, 9.17) is 5.73 Å². The van der Waals surface area contributed by atoms with Crippen molar-refractivity contribution in [1.82, 2.24) is 9.62 Å². The van der Waals surface area contributed by atoms with Gasteiger partial charge >= 0.3 is 0 Å². The fraction of sp³-hybridized carbons (Fsp3) is 0.571. The average Bonchev–Trinajstić information content (AvgIpc) is 2.84. The highest BCUT2D eigenvalue weighted by molar-refractivity contribution is 7.89. The highest BCUT2D eigenvalue weighted by Crippen LogP contribution is 2.27. The number of sulfonamides is 1.